The van der Waals surface area contributed by atoms with E-state index in [1.165, 1.54) is 4.68 Å². The second-order valence-electron chi connectivity index (χ2n) is 8.31. The van der Waals surface area contributed by atoms with Crippen LogP contribution in [0.2, 0.25) is 5.15 Å². The molecule has 0 radical (unpaired) electrons. The van der Waals surface area contributed by atoms with Crippen molar-refractivity contribution in [2.45, 2.75) is 45.3 Å². The van der Waals surface area contributed by atoms with Crippen LogP contribution in [0.4, 0.5) is 16.0 Å². The van der Waals surface area contributed by atoms with Crippen molar-refractivity contribution in [1.29, 1.82) is 0 Å². The Morgan fingerprint density at radius 2 is 2.03 bits per heavy atom. The molecule has 4 aromatic heterocycles. The third-order valence-electron chi connectivity index (χ3n) is 5.73. The van der Waals surface area contributed by atoms with Crippen molar-refractivity contribution < 1.29 is 9.13 Å². The van der Waals surface area contributed by atoms with Crippen LogP contribution in [0.25, 0.3) is 16.7 Å². The third-order valence-corrected chi connectivity index (χ3v) is 6.01. The number of nitrogens with zero attached hydrogens (tertiary/aromatic N) is 7. The maximum absolute atomic E-state index is 14.8. The molecule has 0 unspecified atom stereocenters. The summed E-state index contributed by atoms with van der Waals surface area (Å²) in [4.78, 5) is 13.5. The van der Waals surface area contributed by atoms with Crippen LogP contribution in [-0.2, 0) is 6.54 Å². The Hall–Kier alpha value is -3.27. The lowest BCUT2D eigenvalue weighted by Crippen LogP contribution is -2.20. The van der Waals surface area contributed by atoms with Crippen LogP contribution < -0.4 is 10.1 Å². The summed E-state index contributed by atoms with van der Waals surface area (Å²) < 4.78 is 24.0. The van der Waals surface area contributed by atoms with Crippen LogP contribution >= 0.6 is 11.6 Å². The van der Waals surface area contributed by atoms with Crippen LogP contribution in [0.15, 0.2) is 18.5 Å². The van der Waals surface area contributed by atoms with E-state index in [1.807, 2.05) is 30.8 Å². The number of rotatable bonds is 2. The molecule has 1 fully saturated rings. The first-order chi connectivity index (χ1) is 15.5. The molecule has 9 nitrogen and oxygen atoms in total. The van der Waals surface area contributed by atoms with Gasteiger partial charge in [0.2, 0.25) is 5.95 Å². The Labute approximate surface area is 187 Å². The Morgan fingerprint density at radius 3 is 2.84 bits per heavy atom. The number of aryl methyl sites for hydroxylation is 2. The highest BCUT2D eigenvalue weighted by Gasteiger charge is 2.35. The van der Waals surface area contributed by atoms with E-state index < -0.39 is 6.17 Å². The number of ether oxygens (including phenoxy) is 1. The lowest BCUT2D eigenvalue weighted by atomic mass is 10.2. The quantitative estimate of drug-likeness (QED) is 0.488. The van der Waals surface area contributed by atoms with E-state index in [9.17, 15) is 4.39 Å². The monoisotopic (exact) mass is 454 g/mol. The number of nitrogens with one attached hydrogen (secondary N) is 1. The number of hydrogen-bond acceptors (Lipinski definition) is 7. The summed E-state index contributed by atoms with van der Waals surface area (Å²) in [7, 11) is 0. The molecular formula is C21H20ClFN8O. The van der Waals surface area contributed by atoms with Crippen LogP contribution in [0.3, 0.4) is 0 Å². The Balaban J connectivity index is 1.55. The number of anilines is 2. The molecule has 1 atom stereocenters. The number of hydrogen-bond donors (Lipinski definition) is 1. The molecule has 11 heteroatoms. The van der Waals surface area contributed by atoms with Crippen molar-refractivity contribution in [2.24, 2.45) is 0 Å². The maximum Gasteiger partial charge on any atom is 0.257 e. The summed E-state index contributed by atoms with van der Waals surface area (Å²) in [5, 5.41) is 13.0. The smallest absolute Gasteiger partial charge is 0.257 e. The van der Waals surface area contributed by atoms with Gasteiger partial charge in [-0.15, -0.1) is 5.10 Å². The van der Waals surface area contributed by atoms with Crippen molar-refractivity contribution >= 4 is 34.3 Å². The van der Waals surface area contributed by atoms with Gasteiger partial charge in [-0.05, 0) is 38.3 Å². The van der Waals surface area contributed by atoms with Crippen molar-refractivity contribution in [3.05, 3.63) is 40.6 Å². The first kappa shape index (κ1) is 19.4. The van der Waals surface area contributed by atoms with Crippen molar-refractivity contribution in [3.63, 3.8) is 0 Å². The van der Waals surface area contributed by atoms with E-state index in [0.29, 0.717) is 34.5 Å². The molecule has 6 rings (SSSR count). The number of aromatic nitrogens is 7. The van der Waals surface area contributed by atoms with E-state index in [1.54, 1.807) is 6.20 Å². The lowest BCUT2D eigenvalue weighted by molar-refractivity contribution is 0.171. The second-order valence-corrected chi connectivity index (χ2v) is 8.66. The Bertz CT molecular complexity index is 1360. The molecule has 164 valence electrons. The van der Waals surface area contributed by atoms with Crippen LogP contribution in [0.1, 0.15) is 35.7 Å². The number of pyridine rings is 1. The van der Waals surface area contributed by atoms with E-state index >= 15 is 0 Å². The molecule has 0 aromatic carbocycles. The zero-order chi connectivity index (χ0) is 22.0. The number of alkyl halides is 1. The van der Waals surface area contributed by atoms with E-state index in [-0.39, 0.29) is 18.3 Å². The normalized spacial score (nSPS) is 18.2. The molecular weight excluding hydrogens is 435 g/mol. The molecule has 0 spiro atoms. The summed E-state index contributed by atoms with van der Waals surface area (Å²) in [5.41, 5.74) is 4.82. The van der Waals surface area contributed by atoms with E-state index in [2.05, 4.69) is 25.4 Å². The van der Waals surface area contributed by atoms with Gasteiger partial charge in [-0.3, -0.25) is 4.98 Å². The minimum absolute atomic E-state index is 0.0356. The summed E-state index contributed by atoms with van der Waals surface area (Å²) >= 11 is 6.20. The number of fused-ring (bicyclic) bond motifs is 2. The molecule has 1 saturated carbocycles. The molecule has 32 heavy (non-hydrogen) atoms. The zero-order valence-electron chi connectivity index (χ0n) is 17.5. The fourth-order valence-electron chi connectivity index (χ4n) is 4.01. The molecule has 1 aliphatic carbocycles. The maximum atomic E-state index is 14.8. The largest absolute Gasteiger partial charge is 0.472 e. The first-order valence-electron chi connectivity index (χ1n) is 10.5. The predicted octanol–water partition coefficient (Wildman–Crippen LogP) is 4.03. The molecule has 2 aliphatic rings. The van der Waals surface area contributed by atoms with Crippen molar-refractivity contribution in [1.82, 2.24) is 34.5 Å². The Morgan fingerprint density at radius 1 is 1.19 bits per heavy atom. The van der Waals surface area contributed by atoms with Gasteiger partial charge in [0.1, 0.15) is 12.3 Å². The Kier molecular flexibility index (Phi) is 4.32. The highest BCUT2D eigenvalue weighted by atomic mass is 35.5. The van der Waals surface area contributed by atoms with Crippen LogP contribution in [0, 0.1) is 13.8 Å². The van der Waals surface area contributed by atoms with Gasteiger partial charge in [-0.2, -0.15) is 10.1 Å². The van der Waals surface area contributed by atoms with Gasteiger partial charge in [0.05, 0.1) is 29.0 Å². The molecule has 5 heterocycles. The van der Waals surface area contributed by atoms with Crippen LogP contribution in [-0.4, -0.2) is 47.3 Å². The molecule has 0 saturated heterocycles. The van der Waals surface area contributed by atoms with Crippen molar-refractivity contribution in [3.8, 4) is 11.6 Å². The molecule has 1 aliphatic heterocycles. The summed E-state index contributed by atoms with van der Waals surface area (Å²) in [6.45, 7) is 3.72. The van der Waals surface area contributed by atoms with E-state index in [0.717, 1.165) is 35.5 Å². The number of halogens is 2. The van der Waals surface area contributed by atoms with E-state index in [4.69, 9.17) is 21.4 Å². The molecule has 4 aromatic rings. The van der Waals surface area contributed by atoms with Gasteiger partial charge in [-0.25, -0.2) is 18.7 Å². The van der Waals surface area contributed by atoms with Gasteiger partial charge >= 0.3 is 0 Å². The highest BCUT2D eigenvalue weighted by Crippen LogP contribution is 2.48. The zero-order valence-corrected chi connectivity index (χ0v) is 18.3. The highest BCUT2D eigenvalue weighted by molar-refractivity contribution is 6.34. The van der Waals surface area contributed by atoms with Crippen LogP contribution in [0.5, 0.6) is 5.88 Å². The SMILES string of the molecule is Cc1cnc(C)c(-n2nc3c(c2C2CC2)Nc2ncc4c(Cl)nn(c4n2)C[C@@H](F)CO3)c1. The summed E-state index contributed by atoms with van der Waals surface area (Å²) in [6.07, 6.45) is 4.17. The minimum atomic E-state index is -1.32. The third kappa shape index (κ3) is 3.17. The molecule has 0 amide bonds. The lowest BCUT2D eigenvalue weighted by Gasteiger charge is -2.11. The average Bonchev–Trinajstić information content (AvgIpc) is 3.48. The topological polar surface area (TPSA) is 95.6 Å². The average molecular weight is 455 g/mol. The molecule has 1 N–H and O–H groups in total. The van der Waals surface area contributed by atoms with Crippen molar-refractivity contribution in [2.75, 3.05) is 11.9 Å². The standard InChI is InChI=1S/C21H20ClFN8O/c1-10-5-15(11(2)24-6-10)31-17(12-3-4-12)16-20(29-31)32-9-13(23)8-30-19-14(18(22)28-30)7-25-21(26-16)27-19/h5-7,12-13H,3-4,8-9H2,1-2H3,(H,25,26,27)/t13-/m1/s1. The van der Waals surface area contributed by atoms with Gasteiger partial charge in [-0.1, -0.05) is 11.6 Å². The summed E-state index contributed by atoms with van der Waals surface area (Å²) in [5.74, 6) is 0.965. The molecule has 2 bridgehead atoms. The first-order valence-corrected chi connectivity index (χ1v) is 10.8. The second kappa shape index (κ2) is 7.13. The van der Waals surface area contributed by atoms with Gasteiger partial charge < -0.3 is 10.1 Å². The summed E-state index contributed by atoms with van der Waals surface area (Å²) in [6, 6.07) is 2.04. The minimum Gasteiger partial charge on any atom is -0.472 e. The van der Waals surface area contributed by atoms with Gasteiger partial charge in [0.15, 0.2) is 17.0 Å². The fraction of sp³-hybridized carbons (Fsp3) is 0.381. The van der Waals surface area contributed by atoms with Gasteiger partial charge in [0.25, 0.3) is 5.88 Å². The predicted molar refractivity (Wildman–Crippen MR) is 117 cm³/mol. The fourth-order valence-corrected chi connectivity index (χ4v) is 4.24. The van der Waals surface area contributed by atoms with Gasteiger partial charge in [0, 0.05) is 18.3 Å².